The molecule has 0 unspecified atom stereocenters. The van der Waals surface area contributed by atoms with E-state index in [2.05, 4.69) is 10.1 Å². The molecule has 0 aliphatic heterocycles. The minimum Gasteiger partial charge on any atom is -0.258 e. The van der Waals surface area contributed by atoms with Gasteiger partial charge in [0.05, 0.1) is 9.82 Å². The molecule has 0 aliphatic carbocycles. The number of alkyl halides is 3. The number of aromatic nitrogens is 3. The van der Waals surface area contributed by atoms with Gasteiger partial charge in [-0.3, -0.25) is 15.2 Å². The summed E-state index contributed by atoms with van der Waals surface area (Å²) >= 11 is 0.693. The lowest BCUT2D eigenvalue weighted by atomic mass is 10.2. The highest BCUT2D eigenvalue weighted by atomic mass is 32.2. The van der Waals surface area contributed by atoms with Crippen LogP contribution in [0.5, 0.6) is 0 Å². The van der Waals surface area contributed by atoms with Gasteiger partial charge in [-0.05, 0) is 30.3 Å². The number of H-pyrrole nitrogens is 1. The van der Waals surface area contributed by atoms with E-state index in [4.69, 9.17) is 0 Å². The predicted molar refractivity (Wildman–Crippen MR) is 63.3 cm³/mol. The third kappa shape index (κ3) is 3.07. The molecule has 0 bridgehead atoms. The first-order valence-corrected chi connectivity index (χ1v) is 6.01. The summed E-state index contributed by atoms with van der Waals surface area (Å²) in [7, 11) is 0. The summed E-state index contributed by atoms with van der Waals surface area (Å²) in [5.41, 5.74) is 0.473. The zero-order valence-electron chi connectivity index (χ0n) is 9.93. The standard InChI is InChI=1S/C10H7F3N4O2S/c1-5-2-3-7(6(4-5)17(18)19)20-9-14-8(15-16-9)10(11,12)13/h2-4H,1H3,(H,14,15,16). The van der Waals surface area contributed by atoms with Gasteiger partial charge < -0.3 is 0 Å². The van der Waals surface area contributed by atoms with Gasteiger partial charge in [0.25, 0.3) is 5.69 Å². The fourth-order valence-electron chi connectivity index (χ4n) is 1.37. The highest BCUT2D eigenvalue weighted by molar-refractivity contribution is 7.99. The molecule has 10 heteroatoms. The maximum atomic E-state index is 12.3. The van der Waals surface area contributed by atoms with Crippen LogP contribution in [0.2, 0.25) is 0 Å². The molecule has 20 heavy (non-hydrogen) atoms. The van der Waals surface area contributed by atoms with E-state index in [0.717, 1.165) is 0 Å². The lowest BCUT2D eigenvalue weighted by Crippen LogP contribution is -2.07. The van der Waals surface area contributed by atoms with Crippen molar-refractivity contribution < 1.29 is 18.1 Å². The quantitative estimate of drug-likeness (QED) is 0.695. The van der Waals surface area contributed by atoms with Crippen LogP contribution in [0.25, 0.3) is 0 Å². The Kier molecular flexibility index (Phi) is 3.66. The van der Waals surface area contributed by atoms with Gasteiger partial charge in [-0.15, -0.1) is 5.10 Å². The van der Waals surface area contributed by atoms with E-state index in [1.165, 1.54) is 12.1 Å². The lowest BCUT2D eigenvalue weighted by molar-refractivity contribution is -0.387. The zero-order valence-corrected chi connectivity index (χ0v) is 10.7. The Morgan fingerprint density at radius 2 is 2.10 bits per heavy atom. The molecule has 2 rings (SSSR count). The fourth-order valence-corrected chi connectivity index (χ4v) is 2.17. The SMILES string of the molecule is Cc1ccc(Sc2n[nH]c(C(F)(F)F)n2)c([N+](=O)[O-])c1. The monoisotopic (exact) mass is 304 g/mol. The van der Waals surface area contributed by atoms with E-state index in [1.54, 1.807) is 18.1 Å². The Morgan fingerprint density at radius 1 is 1.40 bits per heavy atom. The van der Waals surface area contributed by atoms with Crippen molar-refractivity contribution in [1.82, 2.24) is 15.2 Å². The van der Waals surface area contributed by atoms with Crippen molar-refractivity contribution >= 4 is 17.4 Å². The van der Waals surface area contributed by atoms with Crippen LogP contribution >= 0.6 is 11.8 Å². The van der Waals surface area contributed by atoms with E-state index >= 15 is 0 Å². The molecule has 1 heterocycles. The number of nitro benzene ring substituents is 1. The third-order valence-corrected chi connectivity index (χ3v) is 3.18. The van der Waals surface area contributed by atoms with Gasteiger partial charge in [0.1, 0.15) is 0 Å². The Hall–Kier alpha value is -2.10. The molecule has 0 radical (unpaired) electrons. The van der Waals surface area contributed by atoms with Crippen LogP contribution in [0, 0.1) is 17.0 Å². The van der Waals surface area contributed by atoms with Gasteiger partial charge >= 0.3 is 6.18 Å². The van der Waals surface area contributed by atoms with Crippen molar-refractivity contribution in [2.45, 2.75) is 23.2 Å². The summed E-state index contributed by atoms with van der Waals surface area (Å²) in [6.07, 6.45) is -4.63. The number of nitrogens with zero attached hydrogens (tertiary/aromatic N) is 3. The summed E-state index contributed by atoms with van der Waals surface area (Å²) in [6, 6.07) is 4.40. The molecule has 2 aromatic rings. The molecular weight excluding hydrogens is 297 g/mol. The van der Waals surface area contributed by atoms with Crippen LogP contribution < -0.4 is 0 Å². The highest BCUT2D eigenvalue weighted by Gasteiger charge is 2.35. The Morgan fingerprint density at radius 3 is 2.65 bits per heavy atom. The fraction of sp³-hybridized carbons (Fsp3) is 0.200. The van der Waals surface area contributed by atoms with E-state index in [-0.39, 0.29) is 15.7 Å². The number of aryl methyl sites for hydroxylation is 1. The van der Waals surface area contributed by atoms with Gasteiger partial charge in [0.15, 0.2) is 0 Å². The Labute approximate surface area is 114 Å². The van der Waals surface area contributed by atoms with Gasteiger partial charge in [-0.2, -0.15) is 18.2 Å². The molecule has 0 spiro atoms. The largest absolute Gasteiger partial charge is 0.451 e. The Bertz CT molecular complexity index is 656. The molecule has 1 N–H and O–H groups in total. The number of aromatic amines is 1. The van der Waals surface area contributed by atoms with E-state index < -0.39 is 16.9 Å². The molecule has 0 atom stereocenters. The van der Waals surface area contributed by atoms with Gasteiger partial charge in [0.2, 0.25) is 11.0 Å². The molecule has 0 amide bonds. The molecule has 0 saturated carbocycles. The predicted octanol–water partition coefficient (Wildman–Crippen LogP) is 3.19. The summed E-state index contributed by atoms with van der Waals surface area (Å²) in [4.78, 5) is 13.7. The summed E-state index contributed by atoms with van der Waals surface area (Å²) < 4.78 is 37.0. The lowest BCUT2D eigenvalue weighted by Gasteiger charge is -2.01. The smallest absolute Gasteiger partial charge is 0.258 e. The number of hydrogen-bond donors (Lipinski definition) is 1. The van der Waals surface area contributed by atoms with Gasteiger partial charge in [-0.25, -0.2) is 0 Å². The van der Waals surface area contributed by atoms with Crippen molar-refractivity contribution in [2.75, 3.05) is 0 Å². The number of rotatable bonds is 3. The number of nitro groups is 1. The van der Waals surface area contributed by atoms with Crippen LogP contribution in [0.1, 0.15) is 11.4 Å². The number of hydrogen-bond acceptors (Lipinski definition) is 5. The molecular formula is C10H7F3N4O2S. The second-order valence-electron chi connectivity index (χ2n) is 3.79. The molecule has 0 fully saturated rings. The van der Waals surface area contributed by atoms with Gasteiger partial charge in [0, 0.05) is 6.07 Å². The van der Waals surface area contributed by atoms with Crippen LogP contribution in [-0.2, 0) is 6.18 Å². The van der Waals surface area contributed by atoms with E-state index in [1.807, 2.05) is 0 Å². The molecule has 0 saturated heterocycles. The van der Waals surface area contributed by atoms with Crippen molar-refractivity contribution in [2.24, 2.45) is 0 Å². The highest BCUT2D eigenvalue weighted by Crippen LogP contribution is 2.35. The topological polar surface area (TPSA) is 84.7 Å². The van der Waals surface area contributed by atoms with Gasteiger partial charge in [-0.1, -0.05) is 6.07 Å². The van der Waals surface area contributed by atoms with Crippen molar-refractivity contribution in [3.05, 3.63) is 39.7 Å². The van der Waals surface area contributed by atoms with Crippen LogP contribution in [-0.4, -0.2) is 20.1 Å². The number of benzene rings is 1. The minimum atomic E-state index is -4.63. The third-order valence-electron chi connectivity index (χ3n) is 2.25. The second kappa shape index (κ2) is 5.12. The molecule has 1 aromatic carbocycles. The van der Waals surface area contributed by atoms with E-state index in [0.29, 0.717) is 17.3 Å². The van der Waals surface area contributed by atoms with Crippen molar-refractivity contribution in [3.8, 4) is 0 Å². The van der Waals surface area contributed by atoms with Crippen LogP contribution in [0.4, 0.5) is 18.9 Å². The molecule has 6 nitrogen and oxygen atoms in total. The van der Waals surface area contributed by atoms with E-state index in [9.17, 15) is 23.3 Å². The number of halogens is 3. The summed E-state index contributed by atoms with van der Waals surface area (Å²) in [5, 5.41) is 15.8. The first-order chi connectivity index (χ1) is 9.27. The number of nitrogens with one attached hydrogen (secondary N) is 1. The average Bonchev–Trinajstić information content (AvgIpc) is 2.79. The first kappa shape index (κ1) is 14.3. The maximum absolute atomic E-state index is 12.3. The maximum Gasteiger partial charge on any atom is 0.451 e. The summed E-state index contributed by atoms with van der Waals surface area (Å²) in [5.74, 6) is -1.24. The second-order valence-corrected chi connectivity index (χ2v) is 4.80. The normalized spacial score (nSPS) is 11.6. The van der Waals surface area contributed by atoms with Crippen molar-refractivity contribution in [1.29, 1.82) is 0 Å². The molecule has 106 valence electrons. The first-order valence-electron chi connectivity index (χ1n) is 5.20. The van der Waals surface area contributed by atoms with Crippen LogP contribution in [0.15, 0.2) is 28.3 Å². The molecule has 0 aliphatic rings. The van der Waals surface area contributed by atoms with Crippen molar-refractivity contribution in [3.63, 3.8) is 0 Å². The minimum absolute atomic E-state index is 0.174. The Balaban J connectivity index is 2.31. The average molecular weight is 304 g/mol. The molecule has 1 aromatic heterocycles. The van der Waals surface area contributed by atoms with Crippen LogP contribution in [0.3, 0.4) is 0 Å². The summed E-state index contributed by atoms with van der Waals surface area (Å²) in [6.45, 7) is 1.68. The zero-order chi connectivity index (χ0) is 14.9.